The second-order valence-corrected chi connectivity index (χ2v) is 4.35. The SMILES string of the molecule is COc1ccc(CS(=O)(=O)F)cc1C. The number of hydrogen-bond acceptors (Lipinski definition) is 3. The molecule has 0 radical (unpaired) electrons. The van der Waals surface area contributed by atoms with Gasteiger partial charge in [-0.15, -0.1) is 3.89 Å². The van der Waals surface area contributed by atoms with E-state index < -0.39 is 16.0 Å². The Balaban J connectivity index is 2.98. The van der Waals surface area contributed by atoms with Gasteiger partial charge in [0.1, 0.15) is 11.5 Å². The zero-order chi connectivity index (χ0) is 10.8. The summed E-state index contributed by atoms with van der Waals surface area (Å²) < 4.78 is 38.1. The molecule has 1 aromatic carbocycles. The largest absolute Gasteiger partial charge is 0.496 e. The van der Waals surface area contributed by atoms with Crippen molar-refractivity contribution >= 4 is 10.2 Å². The first-order valence-corrected chi connectivity index (χ1v) is 5.53. The number of benzene rings is 1. The van der Waals surface area contributed by atoms with Gasteiger partial charge in [0.25, 0.3) is 0 Å². The van der Waals surface area contributed by atoms with Gasteiger partial charge in [0.15, 0.2) is 0 Å². The number of rotatable bonds is 3. The molecule has 1 rings (SSSR count). The van der Waals surface area contributed by atoms with Crippen molar-refractivity contribution in [2.75, 3.05) is 7.11 Å². The van der Waals surface area contributed by atoms with Crippen LogP contribution in [0, 0.1) is 6.92 Å². The first kappa shape index (κ1) is 11.0. The van der Waals surface area contributed by atoms with E-state index in [4.69, 9.17) is 4.74 Å². The molecule has 0 saturated carbocycles. The molecular formula is C9H11FO3S. The highest BCUT2D eigenvalue weighted by atomic mass is 32.3. The zero-order valence-electron chi connectivity index (χ0n) is 7.95. The van der Waals surface area contributed by atoms with Crippen LogP contribution in [0.15, 0.2) is 18.2 Å². The Morgan fingerprint density at radius 2 is 2.07 bits per heavy atom. The van der Waals surface area contributed by atoms with E-state index in [1.54, 1.807) is 19.1 Å². The van der Waals surface area contributed by atoms with Gasteiger partial charge in [0, 0.05) is 0 Å². The van der Waals surface area contributed by atoms with E-state index in [1.807, 2.05) is 0 Å². The normalized spacial score (nSPS) is 11.4. The van der Waals surface area contributed by atoms with Crippen LogP contribution in [0.1, 0.15) is 11.1 Å². The second kappa shape index (κ2) is 3.96. The topological polar surface area (TPSA) is 43.4 Å². The van der Waals surface area contributed by atoms with Gasteiger partial charge in [-0.3, -0.25) is 0 Å². The van der Waals surface area contributed by atoms with Gasteiger partial charge in [-0.1, -0.05) is 12.1 Å². The molecule has 0 atom stereocenters. The van der Waals surface area contributed by atoms with Crippen molar-refractivity contribution in [1.29, 1.82) is 0 Å². The lowest BCUT2D eigenvalue weighted by Gasteiger charge is -2.05. The average Bonchev–Trinajstić information content (AvgIpc) is 2.01. The summed E-state index contributed by atoms with van der Waals surface area (Å²) in [6, 6.07) is 4.74. The molecule has 0 spiro atoms. The van der Waals surface area contributed by atoms with E-state index in [0.717, 1.165) is 5.56 Å². The molecule has 0 N–H and O–H groups in total. The highest BCUT2D eigenvalue weighted by Gasteiger charge is 2.09. The van der Waals surface area contributed by atoms with Gasteiger partial charge < -0.3 is 4.74 Å². The summed E-state index contributed by atoms with van der Waals surface area (Å²) in [7, 11) is -2.93. The van der Waals surface area contributed by atoms with E-state index >= 15 is 0 Å². The quantitative estimate of drug-likeness (QED) is 0.726. The number of methoxy groups -OCH3 is 1. The molecule has 0 aliphatic rings. The predicted octanol–water partition coefficient (Wildman–Crippen LogP) is 1.80. The van der Waals surface area contributed by atoms with Crippen LogP contribution in [0.4, 0.5) is 3.89 Å². The Labute approximate surface area is 82.7 Å². The van der Waals surface area contributed by atoms with Crippen LogP contribution in [0.2, 0.25) is 0 Å². The fourth-order valence-electron chi connectivity index (χ4n) is 1.23. The summed E-state index contributed by atoms with van der Waals surface area (Å²) in [6.07, 6.45) is 0. The molecule has 1 aromatic rings. The average molecular weight is 218 g/mol. The van der Waals surface area contributed by atoms with Gasteiger partial charge in [0.2, 0.25) is 0 Å². The van der Waals surface area contributed by atoms with E-state index in [2.05, 4.69) is 0 Å². The van der Waals surface area contributed by atoms with E-state index in [-0.39, 0.29) is 0 Å². The van der Waals surface area contributed by atoms with Crippen LogP contribution >= 0.6 is 0 Å². The summed E-state index contributed by atoms with van der Waals surface area (Å²) in [5.41, 5.74) is 1.21. The minimum absolute atomic E-state index is 0.422. The lowest BCUT2D eigenvalue weighted by atomic mass is 10.1. The van der Waals surface area contributed by atoms with Crippen molar-refractivity contribution < 1.29 is 17.0 Å². The van der Waals surface area contributed by atoms with Crippen molar-refractivity contribution in [1.82, 2.24) is 0 Å². The van der Waals surface area contributed by atoms with Crippen molar-refractivity contribution in [2.24, 2.45) is 0 Å². The number of aryl methyl sites for hydroxylation is 1. The molecule has 3 nitrogen and oxygen atoms in total. The summed E-state index contributed by atoms with van der Waals surface area (Å²) in [6.45, 7) is 1.77. The molecule has 0 aliphatic carbocycles. The molecule has 0 aliphatic heterocycles. The third-order valence-electron chi connectivity index (χ3n) is 1.80. The van der Waals surface area contributed by atoms with Crippen molar-refractivity contribution in [3.8, 4) is 5.75 Å². The lowest BCUT2D eigenvalue weighted by molar-refractivity contribution is 0.411. The van der Waals surface area contributed by atoms with Gasteiger partial charge in [-0.2, -0.15) is 8.42 Å². The van der Waals surface area contributed by atoms with Crippen LogP contribution in [0.5, 0.6) is 5.75 Å². The maximum atomic E-state index is 12.3. The highest BCUT2D eigenvalue weighted by molar-refractivity contribution is 7.85. The first-order valence-electron chi connectivity index (χ1n) is 3.98. The van der Waals surface area contributed by atoms with Crippen molar-refractivity contribution in [2.45, 2.75) is 12.7 Å². The van der Waals surface area contributed by atoms with Crippen molar-refractivity contribution in [3.05, 3.63) is 29.3 Å². The van der Waals surface area contributed by atoms with E-state index in [9.17, 15) is 12.3 Å². The molecule has 0 heterocycles. The molecule has 78 valence electrons. The molecule has 0 amide bonds. The van der Waals surface area contributed by atoms with Crippen LogP contribution in [-0.2, 0) is 16.0 Å². The molecule has 14 heavy (non-hydrogen) atoms. The first-order chi connectivity index (χ1) is 6.42. The minimum Gasteiger partial charge on any atom is -0.496 e. The van der Waals surface area contributed by atoms with Gasteiger partial charge in [0.05, 0.1) is 7.11 Å². The Bertz CT molecular complexity index is 426. The summed E-state index contributed by atoms with van der Waals surface area (Å²) in [5.74, 6) is 0.0719. The van der Waals surface area contributed by atoms with E-state index in [0.29, 0.717) is 11.3 Å². The molecule has 0 saturated heterocycles. The van der Waals surface area contributed by atoms with Crippen LogP contribution in [0.3, 0.4) is 0 Å². The van der Waals surface area contributed by atoms with Crippen LogP contribution in [0.25, 0.3) is 0 Å². The van der Waals surface area contributed by atoms with Gasteiger partial charge in [-0.25, -0.2) is 0 Å². The number of halogens is 1. The second-order valence-electron chi connectivity index (χ2n) is 2.99. The maximum Gasteiger partial charge on any atom is 0.306 e. The Morgan fingerprint density at radius 1 is 1.43 bits per heavy atom. The summed E-state index contributed by atoms with van der Waals surface area (Å²) >= 11 is 0. The van der Waals surface area contributed by atoms with E-state index in [1.165, 1.54) is 13.2 Å². The minimum atomic E-state index is -4.45. The maximum absolute atomic E-state index is 12.3. The van der Waals surface area contributed by atoms with Gasteiger partial charge >= 0.3 is 10.2 Å². The van der Waals surface area contributed by atoms with Crippen LogP contribution < -0.4 is 4.74 Å². The molecule has 0 aromatic heterocycles. The van der Waals surface area contributed by atoms with Crippen molar-refractivity contribution in [3.63, 3.8) is 0 Å². The molecular weight excluding hydrogens is 207 g/mol. The summed E-state index contributed by atoms with van der Waals surface area (Å²) in [4.78, 5) is 0. The fourth-order valence-corrected chi connectivity index (χ4v) is 1.81. The smallest absolute Gasteiger partial charge is 0.306 e. The molecule has 5 heteroatoms. The monoisotopic (exact) mass is 218 g/mol. The molecule has 0 fully saturated rings. The Hall–Kier alpha value is -1.10. The third kappa shape index (κ3) is 2.99. The standard InChI is InChI=1S/C9H11FO3S/c1-7-5-8(6-14(10,11)12)3-4-9(7)13-2/h3-5H,6H2,1-2H3. The Kier molecular flexibility index (Phi) is 3.10. The predicted molar refractivity (Wildman–Crippen MR) is 51.5 cm³/mol. The number of hydrogen-bond donors (Lipinski definition) is 0. The number of ether oxygens (including phenoxy) is 1. The van der Waals surface area contributed by atoms with Crippen LogP contribution in [-0.4, -0.2) is 15.5 Å². The summed E-state index contributed by atoms with van der Waals surface area (Å²) in [5, 5.41) is 0. The molecule has 0 bridgehead atoms. The lowest BCUT2D eigenvalue weighted by Crippen LogP contribution is -1.97. The highest BCUT2D eigenvalue weighted by Crippen LogP contribution is 2.19. The third-order valence-corrected chi connectivity index (χ3v) is 2.48. The Morgan fingerprint density at radius 3 is 2.50 bits per heavy atom. The fraction of sp³-hybridized carbons (Fsp3) is 0.333. The van der Waals surface area contributed by atoms with Gasteiger partial charge in [-0.05, 0) is 24.1 Å². The molecule has 0 unspecified atom stereocenters. The zero-order valence-corrected chi connectivity index (χ0v) is 8.77.